The number of rotatable bonds is 14. The number of aliphatic hydroxyl groups is 1. The van der Waals surface area contributed by atoms with Gasteiger partial charge in [-0.05, 0) is 36.9 Å². The van der Waals surface area contributed by atoms with Gasteiger partial charge in [0.1, 0.15) is 0 Å². The summed E-state index contributed by atoms with van der Waals surface area (Å²) in [6, 6.07) is 8.21. The predicted molar refractivity (Wildman–Crippen MR) is 119 cm³/mol. The fourth-order valence-electron chi connectivity index (χ4n) is 3.73. The zero-order chi connectivity index (χ0) is 20.2. The molecule has 1 heterocycles. The summed E-state index contributed by atoms with van der Waals surface area (Å²) >= 11 is 6.06. The third-order valence-corrected chi connectivity index (χ3v) is 5.91. The Morgan fingerprint density at radius 2 is 1.43 bits per heavy atom. The topological polar surface area (TPSA) is 38.0 Å². The quantitative estimate of drug-likeness (QED) is 0.341. The van der Waals surface area contributed by atoms with Crippen LogP contribution in [0.2, 0.25) is 5.28 Å². The Labute approximate surface area is 176 Å². The zero-order valence-electron chi connectivity index (χ0n) is 17.7. The van der Waals surface area contributed by atoms with E-state index in [4.69, 9.17) is 11.6 Å². The molecule has 0 spiro atoms. The van der Waals surface area contributed by atoms with Gasteiger partial charge in [-0.15, -0.1) is 0 Å². The van der Waals surface area contributed by atoms with Gasteiger partial charge in [-0.2, -0.15) is 0 Å². The first-order chi connectivity index (χ1) is 13.6. The summed E-state index contributed by atoms with van der Waals surface area (Å²) in [7, 11) is 0. The van der Waals surface area contributed by atoms with Crippen LogP contribution in [0.15, 0.2) is 36.7 Å². The molecule has 2 rings (SSSR count). The van der Waals surface area contributed by atoms with Gasteiger partial charge in [0.25, 0.3) is 0 Å². The van der Waals surface area contributed by atoms with Crippen LogP contribution < -0.4 is 0 Å². The Balaban J connectivity index is 1.62. The normalized spacial score (nSPS) is 13.6. The molecule has 0 radical (unpaired) electrons. The van der Waals surface area contributed by atoms with Crippen molar-refractivity contribution in [3.05, 3.63) is 53.1 Å². The molecular weight excluding hydrogens is 368 g/mol. The maximum atomic E-state index is 10.8. The fourth-order valence-corrected chi connectivity index (χ4v) is 4.01. The van der Waals surface area contributed by atoms with Gasteiger partial charge in [0.2, 0.25) is 5.28 Å². The minimum atomic E-state index is -1.19. The summed E-state index contributed by atoms with van der Waals surface area (Å²) in [5, 5.41) is 11.1. The lowest BCUT2D eigenvalue weighted by Crippen LogP contribution is -2.30. The van der Waals surface area contributed by atoms with Crippen LogP contribution in [0.5, 0.6) is 0 Å². The van der Waals surface area contributed by atoms with Crippen molar-refractivity contribution >= 4 is 11.6 Å². The van der Waals surface area contributed by atoms with Gasteiger partial charge in [0.15, 0.2) is 5.72 Å². The molecule has 0 saturated carbocycles. The highest BCUT2D eigenvalue weighted by Gasteiger charge is 2.26. The zero-order valence-corrected chi connectivity index (χ0v) is 18.4. The van der Waals surface area contributed by atoms with Crippen molar-refractivity contribution in [2.24, 2.45) is 0 Å². The number of nitrogens with zero attached hydrogens (tertiary/aromatic N) is 2. The molecule has 0 aliphatic rings. The maximum absolute atomic E-state index is 10.8. The van der Waals surface area contributed by atoms with E-state index in [1.54, 1.807) is 23.9 Å². The van der Waals surface area contributed by atoms with Crippen LogP contribution in [0.4, 0.5) is 0 Å². The van der Waals surface area contributed by atoms with Gasteiger partial charge >= 0.3 is 0 Å². The number of halogens is 1. The Morgan fingerprint density at radius 3 is 1.93 bits per heavy atom. The Kier molecular flexibility index (Phi) is 10.1. The lowest BCUT2D eigenvalue weighted by molar-refractivity contribution is 0.0255. The molecule has 28 heavy (non-hydrogen) atoms. The third kappa shape index (κ3) is 7.25. The predicted octanol–water partition coefficient (Wildman–Crippen LogP) is 7.10. The molecule has 0 aliphatic heterocycles. The second-order valence-corrected chi connectivity index (χ2v) is 8.41. The third-order valence-electron chi connectivity index (χ3n) is 5.63. The van der Waals surface area contributed by atoms with Crippen molar-refractivity contribution < 1.29 is 5.11 Å². The van der Waals surface area contributed by atoms with Crippen LogP contribution in [-0.2, 0) is 12.1 Å². The molecule has 4 heteroatoms. The van der Waals surface area contributed by atoms with E-state index in [0.717, 1.165) is 12.0 Å². The van der Waals surface area contributed by atoms with Crippen molar-refractivity contribution in [2.45, 2.75) is 96.6 Å². The van der Waals surface area contributed by atoms with Crippen LogP contribution >= 0.6 is 11.6 Å². The molecule has 1 N–H and O–H groups in total. The molecule has 3 nitrogen and oxygen atoms in total. The monoisotopic (exact) mass is 404 g/mol. The summed E-state index contributed by atoms with van der Waals surface area (Å²) in [6.45, 7) is 4.01. The summed E-state index contributed by atoms with van der Waals surface area (Å²) in [6.07, 6.45) is 19.5. The molecular formula is C24H37ClN2O. The highest BCUT2D eigenvalue weighted by Crippen LogP contribution is 2.26. The van der Waals surface area contributed by atoms with E-state index in [0.29, 0.717) is 0 Å². The number of imidazole rings is 1. The average molecular weight is 405 g/mol. The minimum Gasteiger partial charge on any atom is -0.367 e. The van der Waals surface area contributed by atoms with Gasteiger partial charge in [-0.25, -0.2) is 4.98 Å². The summed E-state index contributed by atoms with van der Waals surface area (Å²) in [5.41, 5.74) is 0.949. The molecule has 1 aromatic heterocycles. The Bertz CT molecular complexity index is 663. The molecule has 2 aromatic rings. The number of hydrogen-bond donors (Lipinski definition) is 1. The van der Waals surface area contributed by atoms with E-state index in [2.05, 4.69) is 24.0 Å². The van der Waals surface area contributed by atoms with Gasteiger partial charge in [0, 0.05) is 18.0 Å². The first-order valence-electron chi connectivity index (χ1n) is 11.1. The van der Waals surface area contributed by atoms with Crippen LogP contribution in [0.3, 0.4) is 0 Å². The van der Waals surface area contributed by atoms with Crippen LogP contribution in [0, 0.1) is 0 Å². The molecule has 1 atom stereocenters. The number of aryl methyl sites for hydroxylation is 1. The fraction of sp³-hybridized carbons (Fsp3) is 0.625. The number of aromatic nitrogens is 2. The first-order valence-corrected chi connectivity index (χ1v) is 11.4. The van der Waals surface area contributed by atoms with Gasteiger partial charge in [-0.1, -0.05) is 95.4 Å². The Morgan fingerprint density at radius 1 is 0.893 bits per heavy atom. The standard InChI is InChI=1S/C24H37ClN2O/c1-3-4-5-6-7-8-9-10-11-12-13-14-21-15-17-22(18-16-21)24(2,28)27-20-19-26-23(27)25/h15-20,28H,3-14H2,1-2H3. The molecule has 0 saturated heterocycles. The van der Waals surface area contributed by atoms with E-state index in [9.17, 15) is 5.11 Å². The van der Waals surface area contributed by atoms with Crippen molar-refractivity contribution in [1.82, 2.24) is 9.55 Å². The van der Waals surface area contributed by atoms with E-state index < -0.39 is 5.72 Å². The van der Waals surface area contributed by atoms with E-state index in [1.807, 2.05) is 12.1 Å². The molecule has 0 aliphatic carbocycles. The van der Waals surface area contributed by atoms with Crippen molar-refractivity contribution in [1.29, 1.82) is 0 Å². The van der Waals surface area contributed by atoms with Gasteiger partial charge in [-0.3, -0.25) is 4.57 Å². The van der Waals surface area contributed by atoms with E-state index in [1.165, 1.54) is 76.2 Å². The second kappa shape index (κ2) is 12.3. The van der Waals surface area contributed by atoms with Gasteiger partial charge in [0.05, 0.1) is 0 Å². The molecule has 0 amide bonds. The average Bonchev–Trinajstić information content (AvgIpc) is 3.13. The molecule has 156 valence electrons. The summed E-state index contributed by atoms with van der Waals surface area (Å²) in [5.74, 6) is 0. The van der Waals surface area contributed by atoms with Crippen LogP contribution in [0.1, 0.15) is 95.6 Å². The second-order valence-electron chi connectivity index (χ2n) is 8.07. The lowest BCUT2D eigenvalue weighted by atomic mass is 9.99. The lowest BCUT2D eigenvalue weighted by Gasteiger charge is -2.26. The van der Waals surface area contributed by atoms with Crippen LogP contribution in [0.25, 0.3) is 0 Å². The van der Waals surface area contributed by atoms with Crippen molar-refractivity contribution in [3.8, 4) is 0 Å². The van der Waals surface area contributed by atoms with Crippen LogP contribution in [-0.4, -0.2) is 14.7 Å². The largest absolute Gasteiger partial charge is 0.367 e. The highest BCUT2D eigenvalue weighted by molar-refractivity contribution is 6.28. The molecule has 1 aromatic carbocycles. The SMILES string of the molecule is CCCCCCCCCCCCCc1ccc(C(C)(O)n2ccnc2Cl)cc1. The highest BCUT2D eigenvalue weighted by atomic mass is 35.5. The number of unbranched alkanes of at least 4 members (excludes halogenated alkanes) is 10. The van der Waals surface area contributed by atoms with Crippen molar-refractivity contribution in [3.63, 3.8) is 0 Å². The maximum Gasteiger partial charge on any atom is 0.205 e. The smallest absolute Gasteiger partial charge is 0.205 e. The Hall–Kier alpha value is -1.32. The summed E-state index contributed by atoms with van der Waals surface area (Å²) in [4.78, 5) is 3.99. The minimum absolute atomic E-state index is 0.287. The van der Waals surface area contributed by atoms with Crippen molar-refractivity contribution in [2.75, 3.05) is 0 Å². The number of benzene rings is 1. The molecule has 1 unspecified atom stereocenters. The first kappa shape index (κ1) is 23.0. The van der Waals surface area contributed by atoms with E-state index in [-0.39, 0.29) is 5.28 Å². The molecule has 0 fully saturated rings. The summed E-state index contributed by atoms with van der Waals surface area (Å²) < 4.78 is 1.58. The van der Waals surface area contributed by atoms with E-state index >= 15 is 0 Å². The molecule has 0 bridgehead atoms. The van der Waals surface area contributed by atoms with Gasteiger partial charge < -0.3 is 5.11 Å². The number of hydrogen-bond acceptors (Lipinski definition) is 2.